The van der Waals surface area contributed by atoms with Crippen LogP contribution in [0, 0.1) is 6.92 Å². The second-order valence-electron chi connectivity index (χ2n) is 6.38. The molecule has 3 aromatic rings. The normalized spacial score (nSPS) is 15.7. The lowest BCUT2D eigenvalue weighted by molar-refractivity contribution is 0.763. The molecule has 0 aliphatic heterocycles. The Kier molecular flexibility index (Phi) is 3.44. The van der Waals surface area contributed by atoms with Gasteiger partial charge in [0.2, 0.25) is 5.65 Å². The summed E-state index contributed by atoms with van der Waals surface area (Å²) in [5, 5.41) is 16.3. The molecule has 1 aliphatic carbocycles. The second kappa shape index (κ2) is 5.61. The average molecular weight is 308 g/mol. The zero-order valence-corrected chi connectivity index (χ0v) is 13.4. The van der Waals surface area contributed by atoms with Crippen molar-refractivity contribution in [3.63, 3.8) is 0 Å². The summed E-state index contributed by atoms with van der Waals surface area (Å²) in [5.74, 6) is 0.594. The summed E-state index contributed by atoms with van der Waals surface area (Å²) in [5.41, 5.74) is 5.05. The molecule has 118 valence electrons. The van der Waals surface area contributed by atoms with Gasteiger partial charge in [0, 0.05) is 29.8 Å². The summed E-state index contributed by atoms with van der Waals surface area (Å²) >= 11 is 0. The molecule has 1 unspecified atom stereocenters. The average Bonchev–Trinajstić information content (AvgIpc) is 3.25. The van der Waals surface area contributed by atoms with Gasteiger partial charge in [0.1, 0.15) is 6.33 Å². The van der Waals surface area contributed by atoms with E-state index in [4.69, 9.17) is 0 Å². The van der Waals surface area contributed by atoms with E-state index in [0.29, 0.717) is 5.92 Å². The molecular weight excluding hydrogens is 288 g/mol. The number of aromatic nitrogens is 5. The van der Waals surface area contributed by atoms with E-state index >= 15 is 0 Å². The van der Waals surface area contributed by atoms with Crippen molar-refractivity contribution in [2.24, 2.45) is 0 Å². The first kappa shape index (κ1) is 14.1. The van der Waals surface area contributed by atoms with E-state index in [2.05, 4.69) is 50.7 Å². The Hall–Kier alpha value is -2.50. The van der Waals surface area contributed by atoms with Crippen LogP contribution < -0.4 is 5.32 Å². The summed E-state index contributed by atoms with van der Waals surface area (Å²) in [6.07, 6.45) is 4.98. The Morgan fingerprint density at radius 3 is 3.00 bits per heavy atom. The van der Waals surface area contributed by atoms with Crippen LogP contribution >= 0.6 is 0 Å². The largest absolute Gasteiger partial charge is 0.379 e. The summed E-state index contributed by atoms with van der Waals surface area (Å²) in [6.45, 7) is 4.18. The number of rotatable bonds is 5. The number of pyridine rings is 1. The van der Waals surface area contributed by atoms with Gasteiger partial charge in [-0.05, 0) is 44.9 Å². The van der Waals surface area contributed by atoms with E-state index < -0.39 is 0 Å². The van der Waals surface area contributed by atoms with E-state index in [1.807, 2.05) is 13.0 Å². The van der Waals surface area contributed by atoms with E-state index in [-0.39, 0.29) is 6.04 Å². The third-order valence-corrected chi connectivity index (χ3v) is 4.15. The van der Waals surface area contributed by atoms with Crippen molar-refractivity contribution in [1.82, 2.24) is 24.8 Å². The molecule has 23 heavy (non-hydrogen) atoms. The first-order chi connectivity index (χ1) is 11.2. The van der Waals surface area contributed by atoms with Gasteiger partial charge in [-0.3, -0.25) is 4.98 Å². The third kappa shape index (κ3) is 3.02. The molecule has 0 amide bonds. The van der Waals surface area contributed by atoms with Gasteiger partial charge in [0.25, 0.3) is 0 Å². The fourth-order valence-electron chi connectivity index (χ4n) is 2.87. The lowest BCUT2D eigenvalue weighted by atomic mass is 10.1. The van der Waals surface area contributed by atoms with E-state index in [1.54, 1.807) is 10.8 Å². The summed E-state index contributed by atoms with van der Waals surface area (Å²) in [4.78, 5) is 4.58. The van der Waals surface area contributed by atoms with Crippen LogP contribution in [-0.4, -0.2) is 30.8 Å². The van der Waals surface area contributed by atoms with Gasteiger partial charge in [-0.15, -0.1) is 10.2 Å². The van der Waals surface area contributed by atoms with Crippen LogP contribution in [0.3, 0.4) is 0 Å². The molecule has 0 spiro atoms. The van der Waals surface area contributed by atoms with Crippen molar-refractivity contribution in [2.75, 3.05) is 5.32 Å². The number of nitrogens with zero attached hydrogens (tertiary/aromatic N) is 5. The van der Waals surface area contributed by atoms with Crippen LogP contribution in [0.1, 0.15) is 42.8 Å². The van der Waals surface area contributed by atoms with Crippen molar-refractivity contribution in [1.29, 1.82) is 0 Å². The van der Waals surface area contributed by atoms with Gasteiger partial charge in [-0.2, -0.15) is 9.61 Å². The molecule has 1 aliphatic rings. The Morgan fingerprint density at radius 1 is 1.35 bits per heavy atom. The number of aryl methyl sites for hydroxylation is 1. The molecule has 3 aromatic heterocycles. The van der Waals surface area contributed by atoms with Crippen LogP contribution in [-0.2, 0) is 6.42 Å². The smallest absolute Gasteiger partial charge is 0.200 e. The Balaban J connectivity index is 1.57. The Bertz CT molecular complexity index is 836. The molecule has 0 radical (unpaired) electrons. The topological polar surface area (TPSA) is 68.0 Å². The minimum Gasteiger partial charge on any atom is -0.379 e. The molecule has 1 saturated carbocycles. The molecule has 0 bridgehead atoms. The lowest BCUT2D eigenvalue weighted by Crippen LogP contribution is -2.20. The van der Waals surface area contributed by atoms with Crippen molar-refractivity contribution < 1.29 is 0 Å². The Labute approximate surface area is 135 Å². The molecule has 1 N–H and O–H groups in total. The minimum absolute atomic E-state index is 0.249. The van der Waals surface area contributed by atoms with Crippen LogP contribution in [0.25, 0.3) is 5.65 Å². The summed E-state index contributed by atoms with van der Waals surface area (Å²) in [6, 6.07) is 8.52. The van der Waals surface area contributed by atoms with Crippen LogP contribution in [0.2, 0.25) is 0 Å². The monoisotopic (exact) mass is 308 g/mol. The number of hydrogen-bond acceptors (Lipinski definition) is 5. The van der Waals surface area contributed by atoms with Crippen molar-refractivity contribution in [2.45, 2.75) is 45.1 Å². The fraction of sp³-hybridized carbons (Fsp3) is 0.412. The molecule has 6 nitrogen and oxygen atoms in total. The van der Waals surface area contributed by atoms with Gasteiger partial charge < -0.3 is 5.32 Å². The van der Waals surface area contributed by atoms with E-state index in [1.165, 1.54) is 12.8 Å². The highest BCUT2D eigenvalue weighted by molar-refractivity contribution is 5.67. The highest BCUT2D eigenvalue weighted by Gasteiger charge is 2.26. The van der Waals surface area contributed by atoms with Gasteiger partial charge in [0.15, 0.2) is 0 Å². The number of fused-ring (bicyclic) bond motifs is 1. The number of hydrogen-bond donors (Lipinski definition) is 1. The predicted octanol–water partition coefficient (Wildman–Crippen LogP) is 2.75. The highest BCUT2D eigenvalue weighted by atomic mass is 15.3. The van der Waals surface area contributed by atoms with Gasteiger partial charge in [0.05, 0.1) is 11.4 Å². The minimum atomic E-state index is 0.249. The van der Waals surface area contributed by atoms with Crippen LogP contribution in [0.5, 0.6) is 0 Å². The standard InChI is InChI=1S/C17H20N6/c1-11-4-3-5-14(19-11)8-12(2)20-16-9-15(13-6-7-13)22-23-10-18-21-17(16)23/h3-5,9-10,12-13,20H,6-8H2,1-2H3. The van der Waals surface area contributed by atoms with Crippen molar-refractivity contribution in [3.8, 4) is 0 Å². The first-order valence-electron chi connectivity index (χ1n) is 8.09. The fourth-order valence-corrected chi connectivity index (χ4v) is 2.87. The zero-order chi connectivity index (χ0) is 15.8. The quantitative estimate of drug-likeness (QED) is 0.785. The maximum absolute atomic E-state index is 4.60. The molecule has 0 saturated heterocycles. The number of anilines is 1. The zero-order valence-electron chi connectivity index (χ0n) is 13.4. The Morgan fingerprint density at radius 2 is 2.22 bits per heavy atom. The first-order valence-corrected chi connectivity index (χ1v) is 8.09. The molecule has 0 aromatic carbocycles. The van der Waals surface area contributed by atoms with Crippen molar-refractivity contribution >= 4 is 11.3 Å². The molecule has 3 heterocycles. The predicted molar refractivity (Wildman–Crippen MR) is 88.5 cm³/mol. The lowest BCUT2D eigenvalue weighted by Gasteiger charge is -2.16. The molecule has 1 fully saturated rings. The highest BCUT2D eigenvalue weighted by Crippen LogP contribution is 2.39. The maximum atomic E-state index is 4.60. The SMILES string of the molecule is Cc1cccc(CC(C)Nc2cc(C3CC3)nn3cnnc23)n1. The van der Waals surface area contributed by atoms with Crippen LogP contribution in [0.15, 0.2) is 30.6 Å². The molecule has 4 rings (SSSR count). The van der Waals surface area contributed by atoms with E-state index in [0.717, 1.165) is 34.8 Å². The molecule has 6 heteroatoms. The number of nitrogens with one attached hydrogen (secondary N) is 1. The third-order valence-electron chi connectivity index (χ3n) is 4.15. The molecule has 1 atom stereocenters. The van der Waals surface area contributed by atoms with Crippen molar-refractivity contribution in [3.05, 3.63) is 47.7 Å². The van der Waals surface area contributed by atoms with Gasteiger partial charge in [-0.1, -0.05) is 6.07 Å². The molecular formula is C17H20N6. The maximum Gasteiger partial charge on any atom is 0.200 e. The van der Waals surface area contributed by atoms with Crippen LogP contribution in [0.4, 0.5) is 5.69 Å². The summed E-state index contributed by atoms with van der Waals surface area (Å²) in [7, 11) is 0. The van der Waals surface area contributed by atoms with E-state index in [9.17, 15) is 0 Å². The second-order valence-corrected chi connectivity index (χ2v) is 6.38. The van der Waals surface area contributed by atoms with Gasteiger partial charge in [-0.25, -0.2) is 0 Å². The summed E-state index contributed by atoms with van der Waals surface area (Å²) < 4.78 is 1.77. The van der Waals surface area contributed by atoms with Gasteiger partial charge >= 0.3 is 0 Å².